The summed E-state index contributed by atoms with van der Waals surface area (Å²) in [6, 6.07) is 4.02. The first kappa shape index (κ1) is 15.0. The number of nitrogens with one attached hydrogen (secondary N) is 1. The largest absolute Gasteiger partial charge is 0.481 e. The average molecular weight is 261 g/mol. The predicted octanol–water partition coefficient (Wildman–Crippen LogP) is 2.63. The molecule has 0 bridgehead atoms. The lowest BCUT2D eigenvalue weighted by molar-refractivity contribution is -0.137. The Hall–Kier alpha value is -2.09. The number of rotatable bonds is 7. The van der Waals surface area contributed by atoms with Gasteiger partial charge in [-0.3, -0.25) is 9.78 Å². The highest BCUT2D eigenvalue weighted by molar-refractivity contribution is 5.66. The summed E-state index contributed by atoms with van der Waals surface area (Å²) in [5.41, 5.74) is 3.00. The number of carboxylic acid groups (broad SMARTS) is 1. The predicted molar refractivity (Wildman–Crippen MR) is 73.0 cm³/mol. The molecule has 0 spiro atoms. The normalized spacial score (nSPS) is 9.95. The molecule has 5 nitrogen and oxygen atoms in total. The van der Waals surface area contributed by atoms with Gasteiger partial charge in [-0.1, -0.05) is 6.42 Å². The Morgan fingerprint density at radius 2 is 2.16 bits per heavy atom. The first-order valence-corrected chi connectivity index (χ1v) is 6.38. The zero-order chi connectivity index (χ0) is 14.3. The lowest BCUT2D eigenvalue weighted by atomic mass is 10.1. The topological polar surface area (TPSA) is 86.0 Å². The van der Waals surface area contributed by atoms with Crippen LogP contribution < -0.4 is 5.32 Å². The number of nitriles is 1. The van der Waals surface area contributed by atoms with Crippen molar-refractivity contribution in [2.45, 2.75) is 39.5 Å². The van der Waals surface area contributed by atoms with Crippen molar-refractivity contribution in [2.75, 3.05) is 11.9 Å². The van der Waals surface area contributed by atoms with E-state index in [-0.39, 0.29) is 6.42 Å². The van der Waals surface area contributed by atoms with E-state index in [2.05, 4.69) is 16.4 Å². The number of hydrogen-bond donors (Lipinski definition) is 2. The molecule has 0 fully saturated rings. The van der Waals surface area contributed by atoms with E-state index in [1.807, 2.05) is 19.9 Å². The second-order valence-corrected chi connectivity index (χ2v) is 4.51. The van der Waals surface area contributed by atoms with Crippen LogP contribution in [-0.4, -0.2) is 22.6 Å². The summed E-state index contributed by atoms with van der Waals surface area (Å²) >= 11 is 0. The van der Waals surface area contributed by atoms with Gasteiger partial charge in [0.1, 0.15) is 6.07 Å². The Kier molecular flexibility index (Phi) is 5.80. The maximum Gasteiger partial charge on any atom is 0.303 e. The van der Waals surface area contributed by atoms with E-state index in [1.165, 1.54) is 0 Å². The fourth-order valence-electron chi connectivity index (χ4n) is 1.91. The first-order chi connectivity index (χ1) is 9.04. The molecule has 19 heavy (non-hydrogen) atoms. The molecule has 0 aliphatic carbocycles. The van der Waals surface area contributed by atoms with Crippen molar-refractivity contribution in [2.24, 2.45) is 0 Å². The molecule has 0 saturated carbocycles. The lowest BCUT2D eigenvalue weighted by Gasteiger charge is -2.10. The Morgan fingerprint density at radius 1 is 1.42 bits per heavy atom. The van der Waals surface area contributed by atoms with Crippen molar-refractivity contribution in [3.8, 4) is 6.07 Å². The van der Waals surface area contributed by atoms with E-state index in [1.54, 1.807) is 0 Å². The zero-order valence-electron chi connectivity index (χ0n) is 11.4. The van der Waals surface area contributed by atoms with E-state index in [4.69, 9.17) is 10.4 Å². The summed E-state index contributed by atoms with van der Waals surface area (Å²) in [4.78, 5) is 14.6. The number of hydrogen-bond acceptors (Lipinski definition) is 4. The molecule has 0 aromatic carbocycles. The monoisotopic (exact) mass is 261 g/mol. The Balaban J connectivity index is 2.45. The van der Waals surface area contributed by atoms with Crippen molar-refractivity contribution in [1.82, 2.24) is 4.98 Å². The summed E-state index contributed by atoms with van der Waals surface area (Å²) in [6.07, 6.45) is 2.66. The van der Waals surface area contributed by atoms with Crippen molar-refractivity contribution in [3.63, 3.8) is 0 Å². The fraction of sp³-hybridized carbons (Fsp3) is 0.500. The molecule has 102 valence electrons. The van der Waals surface area contributed by atoms with Crippen LogP contribution in [0.1, 0.15) is 42.6 Å². The van der Waals surface area contributed by atoms with Crippen LogP contribution in [0.5, 0.6) is 0 Å². The Bertz CT molecular complexity index is 492. The molecular weight excluding hydrogens is 242 g/mol. The smallest absolute Gasteiger partial charge is 0.303 e. The van der Waals surface area contributed by atoms with Gasteiger partial charge in [-0.2, -0.15) is 5.26 Å². The number of carbonyl (C=O) groups is 1. The number of unbranched alkanes of at least 4 members (excludes halogenated alkanes) is 2. The van der Waals surface area contributed by atoms with Gasteiger partial charge in [0.15, 0.2) is 0 Å². The minimum atomic E-state index is -0.750. The van der Waals surface area contributed by atoms with E-state index in [0.29, 0.717) is 12.0 Å². The minimum absolute atomic E-state index is 0.219. The van der Waals surface area contributed by atoms with Crippen LogP contribution in [0.2, 0.25) is 0 Å². The van der Waals surface area contributed by atoms with Crippen LogP contribution >= 0.6 is 0 Å². The second-order valence-electron chi connectivity index (χ2n) is 4.51. The summed E-state index contributed by atoms with van der Waals surface area (Å²) < 4.78 is 0. The molecule has 0 unspecified atom stereocenters. The zero-order valence-corrected chi connectivity index (χ0v) is 11.4. The molecule has 0 amide bonds. The highest BCUT2D eigenvalue weighted by Crippen LogP contribution is 2.18. The number of pyridine rings is 1. The Labute approximate surface area is 113 Å². The van der Waals surface area contributed by atoms with Gasteiger partial charge in [-0.05, 0) is 32.8 Å². The van der Waals surface area contributed by atoms with Crippen LogP contribution in [0.4, 0.5) is 5.69 Å². The van der Waals surface area contributed by atoms with Crippen molar-refractivity contribution in [3.05, 3.63) is 23.0 Å². The van der Waals surface area contributed by atoms with Gasteiger partial charge in [0.05, 0.1) is 16.9 Å². The molecule has 0 atom stereocenters. The van der Waals surface area contributed by atoms with Gasteiger partial charge in [-0.15, -0.1) is 0 Å². The van der Waals surface area contributed by atoms with Crippen LogP contribution in [-0.2, 0) is 4.79 Å². The van der Waals surface area contributed by atoms with Gasteiger partial charge in [0.2, 0.25) is 0 Å². The van der Waals surface area contributed by atoms with Gasteiger partial charge >= 0.3 is 5.97 Å². The third-order valence-electron chi connectivity index (χ3n) is 2.82. The maximum atomic E-state index is 10.4. The molecule has 1 heterocycles. The van der Waals surface area contributed by atoms with Gasteiger partial charge in [-0.25, -0.2) is 0 Å². The molecule has 5 heteroatoms. The van der Waals surface area contributed by atoms with Crippen LogP contribution in [0.3, 0.4) is 0 Å². The standard InChI is InChI=1S/C14H19N3O2/c1-10-8-13(12(9-15)11(2)17-10)16-7-5-3-4-6-14(18)19/h8H,3-7H2,1-2H3,(H,16,17)(H,18,19). The highest BCUT2D eigenvalue weighted by Gasteiger charge is 2.07. The van der Waals surface area contributed by atoms with Gasteiger partial charge in [0, 0.05) is 18.7 Å². The van der Waals surface area contributed by atoms with E-state index in [9.17, 15) is 4.79 Å². The lowest BCUT2D eigenvalue weighted by Crippen LogP contribution is -2.06. The number of aromatic nitrogens is 1. The number of anilines is 1. The molecule has 0 saturated heterocycles. The number of aryl methyl sites for hydroxylation is 2. The molecular formula is C14H19N3O2. The number of carboxylic acids is 1. The minimum Gasteiger partial charge on any atom is -0.481 e. The molecule has 1 rings (SSSR count). The highest BCUT2D eigenvalue weighted by atomic mass is 16.4. The maximum absolute atomic E-state index is 10.4. The summed E-state index contributed by atoms with van der Waals surface area (Å²) in [7, 11) is 0. The SMILES string of the molecule is Cc1cc(NCCCCCC(=O)O)c(C#N)c(C)n1. The molecule has 0 radical (unpaired) electrons. The van der Waals surface area contributed by atoms with Crippen LogP contribution in [0, 0.1) is 25.2 Å². The third-order valence-corrected chi connectivity index (χ3v) is 2.82. The quantitative estimate of drug-likeness (QED) is 0.737. The third kappa shape index (κ3) is 4.96. The summed E-state index contributed by atoms with van der Waals surface area (Å²) in [5, 5.41) is 20.8. The van der Waals surface area contributed by atoms with E-state index < -0.39 is 5.97 Å². The Morgan fingerprint density at radius 3 is 2.79 bits per heavy atom. The van der Waals surface area contributed by atoms with Gasteiger partial charge in [0.25, 0.3) is 0 Å². The molecule has 0 aliphatic heterocycles. The molecule has 1 aromatic heterocycles. The van der Waals surface area contributed by atoms with Gasteiger partial charge < -0.3 is 10.4 Å². The first-order valence-electron chi connectivity index (χ1n) is 6.38. The second kappa shape index (κ2) is 7.37. The molecule has 1 aromatic rings. The van der Waals surface area contributed by atoms with Crippen molar-refractivity contribution < 1.29 is 9.90 Å². The van der Waals surface area contributed by atoms with Crippen molar-refractivity contribution in [1.29, 1.82) is 5.26 Å². The molecule has 2 N–H and O–H groups in total. The molecule has 0 aliphatic rings. The van der Waals surface area contributed by atoms with Crippen molar-refractivity contribution >= 4 is 11.7 Å². The fourth-order valence-corrected chi connectivity index (χ4v) is 1.91. The summed E-state index contributed by atoms with van der Waals surface area (Å²) in [5.74, 6) is -0.750. The van der Waals surface area contributed by atoms with Crippen LogP contribution in [0.15, 0.2) is 6.07 Å². The summed E-state index contributed by atoms with van der Waals surface area (Å²) in [6.45, 7) is 4.45. The van der Waals surface area contributed by atoms with E-state index in [0.717, 1.165) is 36.5 Å². The number of aliphatic carboxylic acids is 1. The number of nitrogens with zero attached hydrogens (tertiary/aromatic N) is 2. The van der Waals surface area contributed by atoms with E-state index >= 15 is 0 Å². The average Bonchev–Trinajstić information content (AvgIpc) is 2.32. The van der Waals surface area contributed by atoms with Crippen LogP contribution in [0.25, 0.3) is 0 Å².